The van der Waals surface area contributed by atoms with Gasteiger partial charge in [-0.05, 0) is 29.6 Å². The zero-order valence-corrected chi connectivity index (χ0v) is 12.8. The highest BCUT2D eigenvalue weighted by Gasteiger charge is 2.19. The number of hydrogen-bond acceptors (Lipinski definition) is 2. The first-order chi connectivity index (χ1) is 8.13. The first-order valence-electron chi connectivity index (χ1n) is 4.84. The maximum Gasteiger partial charge on any atom is 0.124 e. The van der Waals surface area contributed by atoms with Gasteiger partial charge in [0.2, 0.25) is 0 Å². The quantitative estimate of drug-likeness (QED) is 0.663. The predicted octanol–water partition coefficient (Wildman–Crippen LogP) is 5.50. The highest BCUT2D eigenvalue weighted by molar-refractivity contribution is 9.10. The largest absolute Gasteiger partial charge is 0.496 e. The van der Waals surface area contributed by atoms with Crippen molar-refractivity contribution in [2.75, 3.05) is 7.11 Å². The second-order valence-corrected chi connectivity index (χ2v) is 6.09. The van der Waals surface area contributed by atoms with Crippen molar-refractivity contribution in [3.05, 3.63) is 49.6 Å². The Morgan fingerprint density at radius 3 is 2.71 bits per heavy atom. The van der Waals surface area contributed by atoms with Crippen LogP contribution in [0.3, 0.4) is 0 Å². The summed E-state index contributed by atoms with van der Waals surface area (Å²) >= 11 is 17.5. The van der Waals surface area contributed by atoms with Gasteiger partial charge in [-0.3, -0.25) is 0 Å². The van der Waals surface area contributed by atoms with Crippen LogP contribution in [0, 0.1) is 0 Å². The highest BCUT2D eigenvalue weighted by Crippen LogP contribution is 2.41. The lowest BCUT2D eigenvalue weighted by atomic mass is 10.1. The van der Waals surface area contributed by atoms with E-state index in [4.69, 9.17) is 27.9 Å². The maximum absolute atomic E-state index is 6.46. The van der Waals surface area contributed by atoms with Crippen LogP contribution in [-0.2, 0) is 0 Å². The summed E-state index contributed by atoms with van der Waals surface area (Å²) in [4.78, 5) is 0.935. The van der Waals surface area contributed by atoms with Crippen LogP contribution < -0.4 is 4.74 Å². The molecule has 0 bridgehead atoms. The van der Waals surface area contributed by atoms with Crippen molar-refractivity contribution in [2.45, 2.75) is 5.38 Å². The second kappa shape index (κ2) is 5.61. The summed E-state index contributed by atoms with van der Waals surface area (Å²) in [6.45, 7) is 0. The van der Waals surface area contributed by atoms with Gasteiger partial charge in [-0.2, -0.15) is 0 Å². The van der Waals surface area contributed by atoms with Crippen molar-refractivity contribution in [1.82, 2.24) is 0 Å². The van der Waals surface area contributed by atoms with Crippen LogP contribution >= 0.6 is 50.5 Å². The van der Waals surface area contributed by atoms with Crippen LogP contribution in [-0.4, -0.2) is 7.11 Å². The first-order valence-corrected chi connectivity index (χ1v) is 7.32. The molecule has 1 nitrogen and oxygen atoms in total. The third-order valence-electron chi connectivity index (χ3n) is 2.34. The van der Waals surface area contributed by atoms with Gasteiger partial charge >= 0.3 is 0 Å². The summed E-state index contributed by atoms with van der Waals surface area (Å²) in [5, 5.41) is 2.32. The van der Waals surface area contributed by atoms with Crippen molar-refractivity contribution in [3.8, 4) is 5.75 Å². The molecule has 17 heavy (non-hydrogen) atoms. The Morgan fingerprint density at radius 1 is 1.35 bits per heavy atom. The number of benzene rings is 1. The molecule has 0 spiro atoms. The number of rotatable bonds is 3. The van der Waals surface area contributed by atoms with Gasteiger partial charge in [0.05, 0.1) is 17.5 Å². The standard InChI is InChI=1S/C12H9BrCl2OS/c1-16-10-3-2-7(13)6-8(10)11(15)12-9(14)4-5-17-12/h2-6,11H,1H3. The third-order valence-corrected chi connectivity index (χ3v) is 4.84. The molecule has 0 saturated carbocycles. The molecule has 0 amide bonds. The number of thiophene rings is 1. The summed E-state index contributed by atoms with van der Waals surface area (Å²) in [5.41, 5.74) is 0.910. The van der Waals surface area contributed by atoms with Gasteiger partial charge < -0.3 is 4.74 Å². The fraction of sp³-hybridized carbons (Fsp3) is 0.167. The molecule has 0 radical (unpaired) electrons. The lowest BCUT2D eigenvalue weighted by Gasteiger charge is -2.13. The molecule has 1 unspecified atom stereocenters. The van der Waals surface area contributed by atoms with E-state index in [0.29, 0.717) is 5.02 Å². The fourth-order valence-corrected chi connectivity index (χ4v) is 3.57. The van der Waals surface area contributed by atoms with Gasteiger partial charge in [0.1, 0.15) is 5.75 Å². The van der Waals surface area contributed by atoms with Gasteiger partial charge in [0, 0.05) is 14.9 Å². The zero-order valence-electron chi connectivity index (χ0n) is 8.91. The van der Waals surface area contributed by atoms with E-state index in [1.54, 1.807) is 18.4 Å². The number of methoxy groups -OCH3 is 1. The van der Waals surface area contributed by atoms with Gasteiger partial charge in [0.25, 0.3) is 0 Å². The van der Waals surface area contributed by atoms with E-state index in [-0.39, 0.29) is 5.38 Å². The smallest absolute Gasteiger partial charge is 0.124 e. The first kappa shape index (κ1) is 13.2. The van der Waals surface area contributed by atoms with E-state index in [1.807, 2.05) is 29.6 Å². The van der Waals surface area contributed by atoms with Crippen molar-refractivity contribution in [3.63, 3.8) is 0 Å². The van der Waals surface area contributed by atoms with E-state index in [0.717, 1.165) is 20.7 Å². The van der Waals surface area contributed by atoms with Crippen molar-refractivity contribution < 1.29 is 4.74 Å². The Labute approximate surface area is 122 Å². The monoisotopic (exact) mass is 350 g/mol. The van der Waals surface area contributed by atoms with Gasteiger partial charge in [-0.1, -0.05) is 27.5 Å². The number of halogens is 3. The molecule has 2 rings (SSSR count). The van der Waals surface area contributed by atoms with Crippen LogP contribution in [0.2, 0.25) is 5.02 Å². The predicted molar refractivity (Wildman–Crippen MR) is 77.7 cm³/mol. The molecule has 90 valence electrons. The van der Waals surface area contributed by atoms with E-state index >= 15 is 0 Å². The van der Waals surface area contributed by atoms with Crippen molar-refractivity contribution in [2.24, 2.45) is 0 Å². The van der Waals surface area contributed by atoms with Crippen molar-refractivity contribution >= 4 is 50.5 Å². The molecule has 1 atom stereocenters. The summed E-state index contributed by atoms with van der Waals surface area (Å²) < 4.78 is 6.28. The molecule has 0 saturated heterocycles. The Hall–Kier alpha value is -0.220. The Kier molecular flexibility index (Phi) is 4.36. The molecule has 1 heterocycles. The average Bonchev–Trinajstić information content (AvgIpc) is 2.74. The minimum atomic E-state index is -0.296. The highest BCUT2D eigenvalue weighted by atomic mass is 79.9. The third kappa shape index (κ3) is 2.79. The molecule has 0 aliphatic heterocycles. The zero-order chi connectivity index (χ0) is 12.4. The van der Waals surface area contributed by atoms with E-state index in [2.05, 4.69) is 15.9 Å². The molecule has 1 aromatic heterocycles. The molecule has 0 aliphatic rings. The SMILES string of the molecule is COc1ccc(Br)cc1C(Cl)c1sccc1Cl. The molecular weight excluding hydrogens is 343 g/mol. The normalized spacial score (nSPS) is 12.5. The lowest BCUT2D eigenvalue weighted by Crippen LogP contribution is -1.96. The number of hydrogen-bond donors (Lipinski definition) is 0. The molecule has 5 heteroatoms. The second-order valence-electron chi connectivity index (χ2n) is 3.38. The van der Waals surface area contributed by atoms with Gasteiger partial charge in [0.15, 0.2) is 0 Å². The summed E-state index contributed by atoms with van der Waals surface area (Å²) in [7, 11) is 1.63. The lowest BCUT2D eigenvalue weighted by molar-refractivity contribution is 0.410. The number of alkyl halides is 1. The molecule has 0 fully saturated rings. The summed E-state index contributed by atoms with van der Waals surface area (Å²) in [6.07, 6.45) is 0. The minimum Gasteiger partial charge on any atom is -0.496 e. The van der Waals surface area contributed by atoms with E-state index in [9.17, 15) is 0 Å². The average molecular weight is 352 g/mol. The molecule has 0 N–H and O–H groups in total. The fourth-order valence-electron chi connectivity index (χ4n) is 1.53. The Bertz CT molecular complexity index is 527. The Morgan fingerprint density at radius 2 is 2.12 bits per heavy atom. The molecular formula is C12H9BrCl2OS. The molecule has 0 aliphatic carbocycles. The maximum atomic E-state index is 6.46. The van der Waals surface area contributed by atoms with Crippen LogP contribution in [0.1, 0.15) is 15.8 Å². The van der Waals surface area contributed by atoms with Crippen molar-refractivity contribution in [1.29, 1.82) is 0 Å². The summed E-state index contributed by atoms with van der Waals surface area (Å²) in [5.74, 6) is 0.762. The van der Waals surface area contributed by atoms with Crippen LogP contribution in [0.15, 0.2) is 34.1 Å². The van der Waals surface area contributed by atoms with E-state index < -0.39 is 0 Å². The topological polar surface area (TPSA) is 9.23 Å². The van der Waals surface area contributed by atoms with Crippen LogP contribution in [0.5, 0.6) is 5.75 Å². The van der Waals surface area contributed by atoms with Gasteiger partial charge in [-0.25, -0.2) is 0 Å². The molecule has 1 aromatic carbocycles. The summed E-state index contributed by atoms with van der Waals surface area (Å²) in [6, 6.07) is 7.60. The molecule has 2 aromatic rings. The number of ether oxygens (including phenoxy) is 1. The Balaban J connectivity index is 2.46. The minimum absolute atomic E-state index is 0.296. The van der Waals surface area contributed by atoms with Gasteiger partial charge in [-0.15, -0.1) is 22.9 Å². The van der Waals surface area contributed by atoms with Crippen LogP contribution in [0.25, 0.3) is 0 Å². The van der Waals surface area contributed by atoms with Crippen LogP contribution in [0.4, 0.5) is 0 Å². The van der Waals surface area contributed by atoms with E-state index in [1.165, 1.54) is 0 Å².